The van der Waals surface area contributed by atoms with Gasteiger partial charge in [-0.15, -0.1) is 0 Å². The average Bonchev–Trinajstić information content (AvgIpc) is 1.79. The van der Waals surface area contributed by atoms with Crippen LogP contribution < -0.4 is 0 Å². The summed E-state index contributed by atoms with van der Waals surface area (Å²) < 4.78 is 0. The molecule has 3 saturated carbocycles. The Balaban J connectivity index is 2.10. The minimum absolute atomic E-state index is 0.00345. The van der Waals surface area contributed by atoms with Crippen molar-refractivity contribution in [3.8, 4) is 0 Å². The number of rotatable bonds is 2. The van der Waals surface area contributed by atoms with Crippen LogP contribution >= 0.6 is 0 Å². The van der Waals surface area contributed by atoms with Crippen LogP contribution in [0.25, 0.3) is 5.53 Å². The summed E-state index contributed by atoms with van der Waals surface area (Å²) in [5.41, 5.74) is 8.48. The number of hydrogen-bond donors (Lipinski definition) is 0. The van der Waals surface area contributed by atoms with E-state index in [0.29, 0.717) is 5.41 Å². The lowest BCUT2D eigenvalue weighted by Crippen LogP contribution is -2.64. The number of carbonyl (C=O) groups excluding carboxylic acids is 1. The standard InChI is InChI=1S/C8H10N2O/c1-7-3-8(4-7,5-7)6(11)2-10-9/h2H,3-5H2,1H3. The van der Waals surface area contributed by atoms with E-state index in [1.165, 1.54) is 0 Å². The molecule has 3 aliphatic rings. The highest BCUT2D eigenvalue weighted by Gasteiger charge is 2.69. The Bertz CT molecular complexity index is 256. The predicted octanol–water partition coefficient (Wildman–Crippen LogP) is 1.05. The van der Waals surface area contributed by atoms with Crippen molar-refractivity contribution >= 4 is 12.0 Å². The highest BCUT2D eigenvalue weighted by molar-refractivity contribution is 6.28. The largest absolute Gasteiger partial charge is 0.361 e. The van der Waals surface area contributed by atoms with Crippen molar-refractivity contribution in [2.75, 3.05) is 0 Å². The second-order valence-electron chi connectivity index (χ2n) is 4.23. The van der Waals surface area contributed by atoms with E-state index in [9.17, 15) is 4.79 Å². The molecule has 0 aromatic carbocycles. The van der Waals surface area contributed by atoms with E-state index in [1.807, 2.05) is 0 Å². The number of nitrogens with zero attached hydrogens (tertiary/aromatic N) is 2. The summed E-state index contributed by atoms with van der Waals surface area (Å²) in [5, 5.41) is 0. The molecule has 3 fully saturated rings. The molecule has 11 heavy (non-hydrogen) atoms. The lowest BCUT2D eigenvalue weighted by Gasteiger charge is -2.67. The van der Waals surface area contributed by atoms with Crippen LogP contribution in [0, 0.1) is 10.8 Å². The fourth-order valence-electron chi connectivity index (χ4n) is 2.75. The molecule has 0 heterocycles. The molecule has 0 unspecified atom stereocenters. The molecule has 0 aromatic heterocycles. The summed E-state index contributed by atoms with van der Waals surface area (Å²) in [6.07, 6.45) is 4.01. The Morgan fingerprint density at radius 1 is 1.55 bits per heavy atom. The lowest BCUT2D eigenvalue weighted by molar-refractivity contribution is -0.192. The molecule has 3 rings (SSSR count). The summed E-state index contributed by atoms with van der Waals surface area (Å²) in [6.45, 7) is 2.19. The van der Waals surface area contributed by atoms with E-state index < -0.39 is 0 Å². The first-order valence-corrected chi connectivity index (χ1v) is 3.82. The van der Waals surface area contributed by atoms with E-state index in [4.69, 9.17) is 5.53 Å². The van der Waals surface area contributed by atoms with Crippen LogP contribution in [0.5, 0.6) is 0 Å². The Labute approximate surface area is 65.0 Å². The van der Waals surface area contributed by atoms with Crippen LogP contribution in [0.15, 0.2) is 0 Å². The zero-order chi connectivity index (χ0) is 8.11. The van der Waals surface area contributed by atoms with E-state index in [1.54, 1.807) is 0 Å². The molecule has 0 radical (unpaired) electrons. The second kappa shape index (κ2) is 1.62. The molecule has 0 aromatic rings. The van der Waals surface area contributed by atoms with Gasteiger partial charge in [0.2, 0.25) is 5.78 Å². The average molecular weight is 150 g/mol. The molecule has 2 bridgehead atoms. The molecular formula is C8H10N2O. The third kappa shape index (κ3) is 0.663. The molecule has 0 atom stereocenters. The minimum atomic E-state index is -0.110. The summed E-state index contributed by atoms with van der Waals surface area (Å²) in [4.78, 5) is 14.0. The molecule has 3 heteroatoms. The van der Waals surface area contributed by atoms with Gasteiger partial charge in [-0.05, 0) is 24.7 Å². The molecule has 0 N–H and O–H groups in total. The summed E-state index contributed by atoms with van der Waals surface area (Å²) >= 11 is 0. The van der Waals surface area contributed by atoms with E-state index >= 15 is 0 Å². The molecule has 3 nitrogen and oxygen atoms in total. The number of hydrogen-bond acceptors (Lipinski definition) is 1. The Morgan fingerprint density at radius 3 is 2.45 bits per heavy atom. The molecule has 0 aliphatic heterocycles. The zero-order valence-electron chi connectivity index (χ0n) is 6.50. The second-order valence-corrected chi connectivity index (χ2v) is 4.23. The first-order valence-electron chi connectivity index (χ1n) is 3.82. The predicted molar refractivity (Wildman–Crippen MR) is 39.1 cm³/mol. The van der Waals surface area contributed by atoms with Crippen molar-refractivity contribution in [3.05, 3.63) is 5.53 Å². The molecule has 0 saturated heterocycles. The van der Waals surface area contributed by atoms with Crippen LogP contribution in [0.4, 0.5) is 0 Å². The Hall–Kier alpha value is -0.950. The summed E-state index contributed by atoms with van der Waals surface area (Å²) in [5.74, 6) is 0.00345. The van der Waals surface area contributed by atoms with Gasteiger partial charge in [0, 0.05) is 5.41 Å². The van der Waals surface area contributed by atoms with Crippen molar-refractivity contribution in [2.45, 2.75) is 26.2 Å². The maximum atomic E-state index is 11.2. The van der Waals surface area contributed by atoms with Crippen molar-refractivity contribution in [2.24, 2.45) is 10.8 Å². The third-order valence-electron chi connectivity index (χ3n) is 2.99. The van der Waals surface area contributed by atoms with Gasteiger partial charge in [0.25, 0.3) is 0 Å². The van der Waals surface area contributed by atoms with E-state index in [2.05, 4.69) is 11.7 Å². The molecule has 58 valence electrons. The lowest BCUT2D eigenvalue weighted by atomic mass is 9.35. The topological polar surface area (TPSA) is 53.5 Å². The van der Waals surface area contributed by atoms with Gasteiger partial charge in [-0.3, -0.25) is 4.79 Å². The van der Waals surface area contributed by atoms with Crippen molar-refractivity contribution < 1.29 is 9.58 Å². The number of ketones is 1. The highest BCUT2D eigenvalue weighted by Crippen LogP contribution is 2.73. The van der Waals surface area contributed by atoms with Crippen LogP contribution in [-0.4, -0.2) is 16.8 Å². The smallest absolute Gasteiger partial charge is 0.323 e. The molecule has 0 amide bonds. The fraction of sp³-hybridized carbons (Fsp3) is 0.750. The van der Waals surface area contributed by atoms with Gasteiger partial charge >= 0.3 is 6.21 Å². The Kier molecular flexibility index (Phi) is 0.990. The monoisotopic (exact) mass is 150 g/mol. The van der Waals surface area contributed by atoms with Crippen molar-refractivity contribution in [3.63, 3.8) is 0 Å². The maximum absolute atomic E-state index is 11.2. The van der Waals surface area contributed by atoms with Gasteiger partial charge < -0.3 is 5.53 Å². The summed E-state index contributed by atoms with van der Waals surface area (Å²) in [6, 6.07) is 0. The maximum Gasteiger partial charge on any atom is 0.323 e. The van der Waals surface area contributed by atoms with Gasteiger partial charge in [0.05, 0.1) is 0 Å². The minimum Gasteiger partial charge on any atom is -0.361 e. The first kappa shape index (κ1) is 6.74. The van der Waals surface area contributed by atoms with Gasteiger partial charge in [0.1, 0.15) is 0 Å². The first-order chi connectivity index (χ1) is 5.10. The van der Waals surface area contributed by atoms with Gasteiger partial charge in [-0.25, -0.2) is 0 Å². The van der Waals surface area contributed by atoms with Crippen LogP contribution in [-0.2, 0) is 4.79 Å². The SMILES string of the molecule is CC12CC(C(=O)C=[N+]=[N-])(C1)C2. The Morgan fingerprint density at radius 2 is 2.09 bits per heavy atom. The zero-order valence-corrected chi connectivity index (χ0v) is 6.50. The van der Waals surface area contributed by atoms with E-state index in [0.717, 1.165) is 25.5 Å². The third-order valence-corrected chi connectivity index (χ3v) is 2.99. The number of carbonyl (C=O) groups is 1. The van der Waals surface area contributed by atoms with E-state index in [-0.39, 0.29) is 11.2 Å². The molecule has 3 aliphatic carbocycles. The highest BCUT2D eigenvalue weighted by atomic mass is 16.1. The van der Waals surface area contributed by atoms with Crippen molar-refractivity contribution in [1.82, 2.24) is 0 Å². The molecular weight excluding hydrogens is 140 g/mol. The number of Topliss-reactive ketones (excluding diaryl/α,β-unsaturated/α-hetero) is 1. The normalized spacial score (nSPS) is 44.8. The van der Waals surface area contributed by atoms with Gasteiger partial charge in [-0.1, -0.05) is 6.92 Å². The van der Waals surface area contributed by atoms with Crippen LogP contribution in [0.1, 0.15) is 26.2 Å². The quantitative estimate of drug-likeness (QED) is 0.329. The summed E-state index contributed by atoms with van der Waals surface area (Å²) in [7, 11) is 0. The fourth-order valence-corrected chi connectivity index (χ4v) is 2.75. The van der Waals surface area contributed by atoms with Crippen LogP contribution in [0.3, 0.4) is 0 Å². The van der Waals surface area contributed by atoms with Gasteiger partial charge in [-0.2, -0.15) is 4.79 Å². The van der Waals surface area contributed by atoms with Crippen molar-refractivity contribution in [1.29, 1.82) is 0 Å². The van der Waals surface area contributed by atoms with Gasteiger partial charge in [0.15, 0.2) is 0 Å². The molecule has 0 spiro atoms. The van der Waals surface area contributed by atoms with Crippen LogP contribution in [0.2, 0.25) is 0 Å².